The van der Waals surface area contributed by atoms with Gasteiger partial charge < -0.3 is 20.3 Å². The van der Waals surface area contributed by atoms with E-state index in [2.05, 4.69) is 43.5 Å². The van der Waals surface area contributed by atoms with Crippen LogP contribution in [0, 0.1) is 0 Å². The number of aliphatic hydroxyl groups is 2. The van der Waals surface area contributed by atoms with E-state index >= 15 is 0 Å². The van der Waals surface area contributed by atoms with Gasteiger partial charge in [-0.05, 0) is 64.2 Å². The van der Waals surface area contributed by atoms with E-state index in [-0.39, 0.29) is 18.5 Å². The number of esters is 1. The second-order valence-electron chi connectivity index (χ2n) is 22.1. The van der Waals surface area contributed by atoms with Gasteiger partial charge in [-0.2, -0.15) is 0 Å². The lowest BCUT2D eigenvalue weighted by Crippen LogP contribution is -2.45. The highest BCUT2D eigenvalue weighted by Crippen LogP contribution is 2.18. The summed E-state index contributed by atoms with van der Waals surface area (Å²) in [5.74, 6) is -0.0640. The van der Waals surface area contributed by atoms with E-state index in [1.165, 1.54) is 270 Å². The summed E-state index contributed by atoms with van der Waals surface area (Å²) in [6.07, 6.45) is 77.5. The highest BCUT2D eigenvalue weighted by Gasteiger charge is 2.18. The van der Waals surface area contributed by atoms with Gasteiger partial charge in [-0.15, -0.1) is 0 Å². The van der Waals surface area contributed by atoms with Crippen molar-refractivity contribution in [1.82, 2.24) is 5.32 Å². The van der Waals surface area contributed by atoms with Crippen molar-refractivity contribution in [2.45, 2.75) is 360 Å². The number of rotatable bonds is 60. The zero-order valence-electron chi connectivity index (χ0n) is 48.4. The Hall–Kier alpha value is -1.92. The summed E-state index contributed by atoms with van der Waals surface area (Å²) < 4.78 is 5.50. The highest BCUT2D eigenvalue weighted by molar-refractivity contribution is 5.76. The Morgan fingerprint density at radius 1 is 0.389 bits per heavy atom. The average Bonchev–Trinajstić information content (AvgIpc) is 3.38. The summed E-state index contributed by atoms with van der Waals surface area (Å²) in [6, 6.07) is -0.631. The van der Waals surface area contributed by atoms with E-state index in [1.807, 2.05) is 6.08 Å². The number of nitrogens with one attached hydrogen (secondary N) is 1. The fourth-order valence-corrected chi connectivity index (χ4v) is 9.96. The topological polar surface area (TPSA) is 95.9 Å². The molecule has 424 valence electrons. The lowest BCUT2D eigenvalue weighted by atomic mass is 10.0. The van der Waals surface area contributed by atoms with Gasteiger partial charge in [0, 0.05) is 12.8 Å². The number of amides is 1. The van der Waals surface area contributed by atoms with Crippen molar-refractivity contribution in [2.24, 2.45) is 0 Å². The van der Waals surface area contributed by atoms with E-state index in [0.717, 1.165) is 51.4 Å². The molecule has 0 aromatic heterocycles. The van der Waals surface area contributed by atoms with Crippen LogP contribution in [0.15, 0.2) is 36.5 Å². The molecule has 0 fully saturated rings. The molecule has 0 spiro atoms. The first-order valence-corrected chi connectivity index (χ1v) is 32.3. The first kappa shape index (κ1) is 70.1. The number of hydrogen-bond donors (Lipinski definition) is 3. The Kier molecular flexibility index (Phi) is 60.0. The molecular formula is C66H125NO5. The van der Waals surface area contributed by atoms with Crippen LogP contribution in [0.2, 0.25) is 0 Å². The molecular weight excluding hydrogens is 887 g/mol. The third-order valence-electron chi connectivity index (χ3n) is 14.9. The number of hydrogen-bond acceptors (Lipinski definition) is 5. The largest absolute Gasteiger partial charge is 0.466 e. The third kappa shape index (κ3) is 57.4. The number of unbranched alkanes of at least 4 members (excludes halogenated alkanes) is 45. The van der Waals surface area contributed by atoms with Gasteiger partial charge in [0.15, 0.2) is 0 Å². The highest BCUT2D eigenvalue weighted by atomic mass is 16.5. The number of ether oxygens (including phenoxy) is 1. The average molecular weight is 1010 g/mol. The second kappa shape index (κ2) is 61.6. The minimum absolute atomic E-state index is 0.00485. The maximum absolute atomic E-state index is 12.5. The van der Waals surface area contributed by atoms with Crippen molar-refractivity contribution in [1.29, 1.82) is 0 Å². The van der Waals surface area contributed by atoms with Gasteiger partial charge in [0.05, 0.1) is 25.4 Å². The summed E-state index contributed by atoms with van der Waals surface area (Å²) in [6.45, 7) is 4.89. The number of carbonyl (C=O) groups excluding carboxylic acids is 2. The van der Waals surface area contributed by atoms with E-state index in [0.29, 0.717) is 19.4 Å². The van der Waals surface area contributed by atoms with Gasteiger partial charge >= 0.3 is 5.97 Å². The Labute approximate surface area is 449 Å². The Balaban J connectivity index is 3.41. The monoisotopic (exact) mass is 1010 g/mol. The smallest absolute Gasteiger partial charge is 0.305 e. The Morgan fingerprint density at radius 2 is 0.694 bits per heavy atom. The Bertz CT molecular complexity index is 1170. The van der Waals surface area contributed by atoms with Gasteiger partial charge in [0.2, 0.25) is 5.91 Å². The maximum atomic E-state index is 12.5. The first-order chi connectivity index (χ1) is 35.5. The van der Waals surface area contributed by atoms with Gasteiger partial charge in [0.1, 0.15) is 0 Å². The molecule has 0 heterocycles. The molecule has 0 radical (unpaired) electrons. The predicted octanol–water partition coefficient (Wildman–Crippen LogP) is 20.4. The van der Waals surface area contributed by atoms with Crippen molar-refractivity contribution in [3.05, 3.63) is 36.5 Å². The molecule has 6 nitrogen and oxygen atoms in total. The molecule has 2 unspecified atom stereocenters. The van der Waals surface area contributed by atoms with Crippen LogP contribution < -0.4 is 5.32 Å². The molecule has 6 heteroatoms. The Morgan fingerprint density at radius 3 is 1.08 bits per heavy atom. The molecule has 0 aromatic carbocycles. The van der Waals surface area contributed by atoms with Crippen LogP contribution in [0.4, 0.5) is 0 Å². The standard InChI is InChI=1S/C66H125NO5/c1-3-5-7-9-11-13-15-17-19-21-23-28-32-36-40-44-48-52-56-60-66(71)72-61-57-53-49-45-41-37-33-29-25-22-24-27-31-35-39-43-47-51-55-59-65(70)67-63(62-68)64(69)58-54-50-46-42-38-34-30-26-20-18-16-14-12-10-8-6-4-2/h11,13,17,19,54,58,63-64,68-69H,3-10,12,14-16,18,20-53,55-57,59-62H2,1-2H3,(H,67,70)/b13-11-,19-17-,58-54+. The quantitative estimate of drug-likeness (QED) is 0.0320. The molecule has 1 amide bonds. The van der Waals surface area contributed by atoms with E-state index < -0.39 is 12.1 Å². The molecule has 0 rings (SSSR count). The molecule has 0 aliphatic carbocycles. The van der Waals surface area contributed by atoms with Crippen molar-refractivity contribution < 1.29 is 24.5 Å². The van der Waals surface area contributed by atoms with Gasteiger partial charge in [-0.25, -0.2) is 0 Å². The van der Waals surface area contributed by atoms with Crippen molar-refractivity contribution >= 4 is 11.9 Å². The SMILES string of the molecule is CCCCC/C=C\C/C=C\CCCCCCCCCCCC(=O)OCCCCCCCCCCCCCCCCCCCCCC(=O)NC(CO)C(O)/C=C/CCCCCCCCCCCCCCCCC. The van der Waals surface area contributed by atoms with Gasteiger partial charge in [-0.1, -0.05) is 307 Å². The minimum Gasteiger partial charge on any atom is -0.466 e. The van der Waals surface area contributed by atoms with Crippen LogP contribution in [0.5, 0.6) is 0 Å². The first-order valence-electron chi connectivity index (χ1n) is 32.3. The molecule has 72 heavy (non-hydrogen) atoms. The van der Waals surface area contributed by atoms with Crippen LogP contribution in [0.25, 0.3) is 0 Å². The second-order valence-corrected chi connectivity index (χ2v) is 22.1. The van der Waals surface area contributed by atoms with Crippen molar-refractivity contribution in [3.63, 3.8) is 0 Å². The minimum atomic E-state index is -0.847. The van der Waals surface area contributed by atoms with Crippen LogP contribution in [-0.2, 0) is 14.3 Å². The normalized spacial score (nSPS) is 12.8. The summed E-state index contributed by atoms with van der Waals surface area (Å²) in [5, 5.41) is 23.2. The molecule has 2 atom stereocenters. The number of aliphatic hydroxyl groups excluding tert-OH is 2. The molecule has 0 aliphatic heterocycles. The lowest BCUT2D eigenvalue weighted by molar-refractivity contribution is -0.143. The molecule has 3 N–H and O–H groups in total. The maximum Gasteiger partial charge on any atom is 0.305 e. The zero-order chi connectivity index (χ0) is 52.2. The van der Waals surface area contributed by atoms with Gasteiger partial charge in [-0.3, -0.25) is 9.59 Å². The van der Waals surface area contributed by atoms with Crippen LogP contribution >= 0.6 is 0 Å². The molecule has 0 saturated heterocycles. The van der Waals surface area contributed by atoms with Gasteiger partial charge in [0.25, 0.3) is 0 Å². The summed E-state index contributed by atoms with van der Waals surface area (Å²) in [7, 11) is 0. The number of carbonyl (C=O) groups is 2. The van der Waals surface area contributed by atoms with Crippen molar-refractivity contribution in [3.8, 4) is 0 Å². The van der Waals surface area contributed by atoms with E-state index in [4.69, 9.17) is 4.74 Å². The molecule has 0 saturated carbocycles. The predicted molar refractivity (Wildman–Crippen MR) is 315 cm³/mol. The van der Waals surface area contributed by atoms with Crippen LogP contribution in [0.3, 0.4) is 0 Å². The fraction of sp³-hybridized carbons (Fsp3) is 0.879. The zero-order valence-corrected chi connectivity index (χ0v) is 48.4. The summed E-state index contributed by atoms with van der Waals surface area (Å²) >= 11 is 0. The number of allylic oxidation sites excluding steroid dienone is 5. The summed E-state index contributed by atoms with van der Waals surface area (Å²) in [5.41, 5.74) is 0. The summed E-state index contributed by atoms with van der Waals surface area (Å²) in [4.78, 5) is 24.6. The van der Waals surface area contributed by atoms with Crippen LogP contribution in [-0.4, -0.2) is 47.4 Å². The molecule has 0 aliphatic rings. The lowest BCUT2D eigenvalue weighted by Gasteiger charge is -2.20. The van der Waals surface area contributed by atoms with Crippen LogP contribution in [0.1, 0.15) is 348 Å². The third-order valence-corrected chi connectivity index (χ3v) is 14.9. The molecule has 0 bridgehead atoms. The molecule has 0 aromatic rings. The van der Waals surface area contributed by atoms with Crippen molar-refractivity contribution in [2.75, 3.05) is 13.2 Å². The van der Waals surface area contributed by atoms with E-state index in [9.17, 15) is 19.8 Å². The van der Waals surface area contributed by atoms with E-state index in [1.54, 1.807) is 6.08 Å². The fourth-order valence-electron chi connectivity index (χ4n) is 9.96.